The molecule has 0 saturated heterocycles. The molecule has 3 rings (SSSR count). The van der Waals surface area contributed by atoms with Gasteiger partial charge < -0.3 is 10.2 Å². The van der Waals surface area contributed by atoms with E-state index >= 15 is 0 Å². The Kier molecular flexibility index (Phi) is 7.29. The lowest BCUT2D eigenvalue weighted by molar-refractivity contribution is -0.139. The van der Waals surface area contributed by atoms with Crippen LogP contribution in [0.2, 0.25) is 0 Å². The van der Waals surface area contributed by atoms with Gasteiger partial charge in [-0.2, -0.15) is 0 Å². The van der Waals surface area contributed by atoms with Crippen LogP contribution in [0.4, 0.5) is 0 Å². The van der Waals surface area contributed by atoms with E-state index in [1.54, 1.807) is 13.0 Å². The SMILES string of the molecule is CCCNC(=O)[C@@H](C)N(CCc1ccccc1)C(=O)CN1C(=O)c2ccccc2S1(=O)=O. The van der Waals surface area contributed by atoms with Crippen molar-refractivity contribution in [2.45, 2.75) is 37.6 Å². The standard InChI is InChI=1S/C23H27N3O5S/c1-3-14-24-22(28)17(2)25(15-13-18-9-5-4-6-10-18)21(27)16-26-23(29)19-11-7-8-12-20(19)32(26,30)31/h4-12,17H,3,13-16H2,1-2H3,(H,24,28)/t17-/m1/s1. The van der Waals surface area contributed by atoms with Crippen molar-refractivity contribution in [1.82, 2.24) is 14.5 Å². The van der Waals surface area contributed by atoms with Crippen LogP contribution in [0.25, 0.3) is 0 Å². The lowest BCUT2D eigenvalue weighted by atomic mass is 10.1. The van der Waals surface area contributed by atoms with Crippen molar-refractivity contribution in [3.8, 4) is 0 Å². The zero-order chi connectivity index (χ0) is 23.3. The molecular weight excluding hydrogens is 430 g/mol. The van der Waals surface area contributed by atoms with E-state index in [1.807, 2.05) is 37.3 Å². The van der Waals surface area contributed by atoms with Crippen LogP contribution in [-0.2, 0) is 26.0 Å². The highest BCUT2D eigenvalue weighted by Gasteiger charge is 2.43. The smallest absolute Gasteiger partial charge is 0.269 e. The van der Waals surface area contributed by atoms with Crippen molar-refractivity contribution in [2.24, 2.45) is 0 Å². The number of benzene rings is 2. The number of hydrogen-bond donors (Lipinski definition) is 1. The molecule has 170 valence electrons. The van der Waals surface area contributed by atoms with Crippen molar-refractivity contribution in [2.75, 3.05) is 19.6 Å². The van der Waals surface area contributed by atoms with Crippen molar-refractivity contribution in [3.63, 3.8) is 0 Å². The molecule has 0 radical (unpaired) electrons. The topological polar surface area (TPSA) is 104 Å². The number of sulfonamides is 1. The fourth-order valence-corrected chi connectivity index (χ4v) is 5.09. The van der Waals surface area contributed by atoms with Gasteiger partial charge in [0.2, 0.25) is 11.8 Å². The summed E-state index contributed by atoms with van der Waals surface area (Å²) in [4.78, 5) is 39.7. The monoisotopic (exact) mass is 457 g/mol. The van der Waals surface area contributed by atoms with Crippen molar-refractivity contribution in [1.29, 1.82) is 0 Å². The van der Waals surface area contributed by atoms with Crippen LogP contribution in [-0.4, -0.2) is 61.0 Å². The number of nitrogens with one attached hydrogen (secondary N) is 1. The van der Waals surface area contributed by atoms with E-state index in [0.29, 0.717) is 17.3 Å². The van der Waals surface area contributed by atoms with Crippen LogP contribution in [0.1, 0.15) is 36.2 Å². The predicted molar refractivity (Wildman–Crippen MR) is 119 cm³/mol. The van der Waals surface area contributed by atoms with Crippen LogP contribution in [0.3, 0.4) is 0 Å². The molecule has 2 aromatic rings. The van der Waals surface area contributed by atoms with E-state index in [9.17, 15) is 22.8 Å². The zero-order valence-corrected chi connectivity index (χ0v) is 19.0. The number of nitrogens with zero attached hydrogens (tertiary/aromatic N) is 2. The van der Waals surface area contributed by atoms with Gasteiger partial charge in [-0.1, -0.05) is 49.4 Å². The lowest BCUT2D eigenvalue weighted by Gasteiger charge is -2.30. The van der Waals surface area contributed by atoms with Gasteiger partial charge in [0.05, 0.1) is 5.56 Å². The Labute approximate surface area is 188 Å². The Hall–Kier alpha value is -3.20. The number of carbonyl (C=O) groups is 3. The first kappa shape index (κ1) is 23.5. The second-order valence-corrected chi connectivity index (χ2v) is 9.43. The van der Waals surface area contributed by atoms with E-state index in [-0.39, 0.29) is 22.9 Å². The molecule has 0 aliphatic carbocycles. The minimum absolute atomic E-state index is 0.0462. The number of amides is 3. The van der Waals surface area contributed by atoms with Gasteiger partial charge in [0.25, 0.3) is 15.9 Å². The highest BCUT2D eigenvalue weighted by molar-refractivity contribution is 7.90. The maximum atomic E-state index is 13.2. The molecule has 2 aromatic carbocycles. The molecule has 1 aliphatic rings. The molecule has 0 spiro atoms. The Morgan fingerprint density at radius 3 is 2.38 bits per heavy atom. The van der Waals surface area contributed by atoms with Crippen LogP contribution < -0.4 is 5.32 Å². The van der Waals surface area contributed by atoms with Gasteiger partial charge in [0.1, 0.15) is 17.5 Å². The molecule has 1 atom stereocenters. The average molecular weight is 458 g/mol. The highest BCUT2D eigenvalue weighted by Crippen LogP contribution is 2.29. The Morgan fingerprint density at radius 2 is 1.72 bits per heavy atom. The highest BCUT2D eigenvalue weighted by atomic mass is 32.2. The fourth-order valence-electron chi connectivity index (χ4n) is 3.57. The second-order valence-electron chi connectivity index (χ2n) is 7.60. The normalized spacial score (nSPS) is 15.2. The van der Waals surface area contributed by atoms with Crippen LogP contribution in [0, 0.1) is 0 Å². The molecule has 1 N–H and O–H groups in total. The summed E-state index contributed by atoms with van der Waals surface area (Å²) < 4.78 is 26.3. The maximum absolute atomic E-state index is 13.2. The van der Waals surface area contributed by atoms with Gasteiger partial charge in [0, 0.05) is 13.1 Å². The van der Waals surface area contributed by atoms with E-state index in [4.69, 9.17) is 0 Å². The molecule has 9 heteroatoms. The summed E-state index contributed by atoms with van der Waals surface area (Å²) in [6.07, 6.45) is 1.23. The van der Waals surface area contributed by atoms with Gasteiger partial charge in [-0.15, -0.1) is 0 Å². The molecule has 0 unspecified atom stereocenters. The Bertz CT molecular complexity index is 1100. The third-order valence-corrected chi connectivity index (χ3v) is 7.18. The van der Waals surface area contributed by atoms with Crippen LogP contribution in [0.5, 0.6) is 0 Å². The summed E-state index contributed by atoms with van der Waals surface area (Å²) in [5.74, 6) is -1.67. The van der Waals surface area contributed by atoms with Gasteiger partial charge in [-0.3, -0.25) is 14.4 Å². The Balaban J connectivity index is 1.81. The molecule has 1 heterocycles. The lowest BCUT2D eigenvalue weighted by Crippen LogP contribution is -2.52. The Morgan fingerprint density at radius 1 is 1.06 bits per heavy atom. The number of hydrogen-bond acceptors (Lipinski definition) is 5. The fraction of sp³-hybridized carbons (Fsp3) is 0.348. The van der Waals surface area contributed by atoms with E-state index < -0.39 is 34.4 Å². The first-order valence-corrected chi connectivity index (χ1v) is 12.0. The second kappa shape index (κ2) is 9.95. The summed E-state index contributed by atoms with van der Waals surface area (Å²) in [6, 6.07) is 14.5. The summed E-state index contributed by atoms with van der Waals surface area (Å²) in [5, 5.41) is 2.77. The molecule has 32 heavy (non-hydrogen) atoms. The molecule has 0 saturated carbocycles. The van der Waals surface area contributed by atoms with Crippen molar-refractivity contribution in [3.05, 3.63) is 65.7 Å². The third kappa shape index (κ3) is 4.83. The summed E-state index contributed by atoms with van der Waals surface area (Å²) in [5.41, 5.74) is 1.02. The molecule has 3 amide bonds. The van der Waals surface area contributed by atoms with Gasteiger partial charge in [-0.25, -0.2) is 12.7 Å². The summed E-state index contributed by atoms with van der Waals surface area (Å²) in [7, 11) is -4.12. The van der Waals surface area contributed by atoms with E-state index in [1.165, 1.54) is 23.1 Å². The van der Waals surface area contributed by atoms with Gasteiger partial charge in [0.15, 0.2) is 0 Å². The van der Waals surface area contributed by atoms with E-state index in [2.05, 4.69) is 5.32 Å². The average Bonchev–Trinajstić information content (AvgIpc) is 2.99. The molecular formula is C23H27N3O5S. The van der Waals surface area contributed by atoms with E-state index in [0.717, 1.165) is 12.0 Å². The summed E-state index contributed by atoms with van der Waals surface area (Å²) >= 11 is 0. The molecule has 1 aliphatic heterocycles. The van der Waals surface area contributed by atoms with Crippen molar-refractivity contribution >= 4 is 27.7 Å². The first-order chi connectivity index (χ1) is 15.3. The van der Waals surface area contributed by atoms with Gasteiger partial charge >= 0.3 is 0 Å². The maximum Gasteiger partial charge on any atom is 0.269 e. The molecule has 0 bridgehead atoms. The van der Waals surface area contributed by atoms with Gasteiger partial charge in [-0.05, 0) is 37.5 Å². The quantitative estimate of drug-likeness (QED) is 0.619. The third-order valence-electron chi connectivity index (χ3n) is 5.39. The predicted octanol–water partition coefficient (Wildman–Crippen LogP) is 1.82. The number of rotatable bonds is 9. The molecule has 8 nitrogen and oxygen atoms in total. The zero-order valence-electron chi connectivity index (χ0n) is 18.2. The van der Waals surface area contributed by atoms with Crippen LogP contribution >= 0.6 is 0 Å². The summed E-state index contributed by atoms with van der Waals surface area (Å²) in [6.45, 7) is 3.54. The minimum Gasteiger partial charge on any atom is -0.354 e. The van der Waals surface area contributed by atoms with Crippen LogP contribution in [0.15, 0.2) is 59.5 Å². The molecule has 0 fully saturated rings. The number of fused-ring (bicyclic) bond motifs is 1. The number of carbonyl (C=O) groups excluding carboxylic acids is 3. The minimum atomic E-state index is -4.12. The first-order valence-electron chi connectivity index (χ1n) is 10.5. The van der Waals surface area contributed by atoms with Crippen molar-refractivity contribution < 1.29 is 22.8 Å². The largest absolute Gasteiger partial charge is 0.354 e. The molecule has 0 aromatic heterocycles.